The number of nitrogens with zero attached hydrogens (tertiary/aromatic N) is 2. The fraction of sp³-hybridized carbons (Fsp3) is 0.481. The number of ether oxygens (including phenoxy) is 3. The minimum absolute atomic E-state index is 0.164. The summed E-state index contributed by atoms with van der Waals surface area (Å²) in [5, 5.41) is 5.76. The number of hydrogen-bond donors (Lipinski definition) is 2. The van der Waals surface area contributed by atoms with E-state index in [1.54, 1.807) is 11.1 Å². The summed E-state index contributed by atoms with van der Waals surface area (Å²) in [5.41, 5.74) is 2.20. The molecule has 0 spiro atoms. The van der Waals surface area contributed by atoms with Gasteiger partial charge in [0.05, 0.1) is 37.5 Å². The predicted octanol–water partition coefficient (Wildman–Crippen LogP) is 3.21. The van der Waals surface area contributed by atoms with Gasteiger partial charge < -0.3 is 24.8 Å². The van der Waals surface area contributed by atoms with Gasteiger partial charge in [-0.25, -0.2) is 9.59 Å². The van der Waals surface area contributed by atoms with Crippen LogP contribution >= 0.6 is 0 Å². The standard InChI is InChI=1S/C27H32N4O6/c1-16(32)28-12-20-13-31(25(34)36-20)19-8-5-17(6-9-19)18-7-10-23(29-11-18)27(21-14-35-15-22(21)27)30-24(33)37-26(2,3)4/h5-11,20-22H,12-15H2,1-4H3,(H,28,32)(H,30,33)/t20-,21-,22+,27?/m0/s1. The molecule has 2 aromatic rings. The molecule has 196 valence electrons. The summed E-state index contributed by atoms with van der Waals surface area (Å²) in [6.45, 7) is 8.75. The Morgan fingerprint density at radius 3 is 2.38 bits per heavy atom. The number of fused-ring (bicyclic) bond motifs is 1. The van der Waals surface area contributed by atoms with Crippen molar-refractivity contribution in [1.82, 2.24) is 15.6 Å². The van der Waals surface area contributed by atoms with Crippen molar-refractivity contribution in [3.8, 4) is 11.1 Å². The lowest BCUT2D eigenvalue weighted by Gasteiger charge is -2.26. The first-order valence-corrected chi connectivity index (χ1v) is 12.5. The maximum atomic E-state index is 12.6. The fourth-order valence-electron chi connectivity index (χ4n) is 5.20. The topological polar surface area (TPSA) is 119 Å². The lowest BCUT2D eigenvalue weighted by molar-refractivity contribution is -0.119. The second-order valence-corrected chi connectivity index (χ2v) is 10.8. The van der Waals surface area contributed by atoms with Crippen LogP contribution in [0.15, 0.2) is 42.6 Å². The number of carbonyl (C=O) groups is 3. The average molecular weight is 509 g/mol. The van der Waals surface area contributed by atoms with Gasteiger partial charge in [-0.2, -0.15) is 0 Å². The Labute approximate surface area is 215 Å². The van der Waals surface area contributed by atoms with Gasteiger partial charge in [-0.3, -0.25) is 14.7 Å². The molecule has 3 fully saturated rings. The van der Waals surface area contributed by atoms with Gasteiger partial charge in [0, 0.05) is 36.2 Å². The highest BCUT2D eigenvalue weighted by atomic mass is 16.6. The maximum Gasteiger partial charge on any atom is 0.414 e. The molecule has 1 aromatic heterocycles. The van der Waals surface area contributed by atoms with E-state index in [4.69, 9.17) is 19.2 Å². The summed E-state index contributed by atoms with van der Waals surface area (Å²) in [6, 6.07) is 11.5. The molecule has 1 aromatic carbocycles. The van der Waals surface area contributed by atoms with E-state index in [0.717, 1.165) is 22.5 Å². The molecule has 3 heterocycles. The summed E-state index contributed by atoms with van der Waals surface area (Å²) in [5.74, 6) is 0.183. The zero-order valence-corrected chi connectivity index (χ0v) is 21.4. The zero-order chi connectivity index (χ0) is 26.4. The lowest BCUT2D eigenvalue weighted by atomic mass is 10.0. The number of amides is 3. The molecule has 1 aliphatic carbocycles. The van der Waals surface area contributed by atoms with Gasteiger partial charge in [-0.15, -0.1) is 0 Å². The van der Waals surface area contributed by atoms with Crippen LogP contribution in [0.25, 0.3) is 11.1 Å². The predicted molar refractivity (Wildman–Crippen MR) is 135 cm³/mol. The average Bonchev–Trinajstić information content (AvgIpc) is 3.17. The number of pyridine rings is 1. The Morgan fingerprint density at radius 2 is 1.78 bits per heavy atom. The van der Waals surface area contributed by atoms with E-state index in [-0.39, 0.29) is 30.4 Å². The quantitative estimate of drug-likeness (QED) is 0.615. The number of aromatic nitrogens is 1. The normalized spacial score (nSPS) is 26.3. The maximum absolute atomic E-state index is 12.6. The second-order valence-electron chi connectivity index (χ2n) is 10.8. The van der Waals surface area contributed by atoms with E-state index in [1.807, 2.05) is 57.2 Å². The molecule has 2 N–H and O–H groups in total. The first kappa shape index (κ1) is 25.0. The van der Waals surface area contributed by atoms with Gasteiger partial charge in [0.15, 0.2) is 0 Å². The van der Waals surface area contributed by atoms with Crippen LogP contribution in [0.5, 0.6) is 0 Å². The highest BCUT2D eigenvalue weighted by Crippen LogP contribution is 2.60. The van der Waals surface area contributed by atoms with E-state index in [0.29, 0.717) is 19.8 Å². The molecule has 1 saturated carbocycles. The Hall–Kier alpha value is -3.66. The molecule has 4 atom stereocenters. The molecule has 5 rings (SSSR count). The van der Waals surface area contributed by atoms with Crippen molar-refractivity contribution in [1.29, 1.82) is 0 Å². The van der Waals surface area contributed by atoms with Crippen molar-refractivity contribution in [3.05, 3.63) is 48.3 Å². The third-order valence-electron chi connectivity index (χ3n) is 7.00. The molecule has 0 bridgehead atoms. The largest absolute Gasteiger partial charge is 0.444 e. The van der Waals surface area contributed by atoms with Crippen LogP contribution in [0.4, 0.5) is 15.3 Å². The molecule has 2 aliphatic heterocycles. The molecule has 0 radical (unpaired) electrons. The van der Waals surface area contributed by atoms with Gasteiger partial charge in [-0.05, 0) is 44.5 Å². The van der Waals surface area contributed by atoms with Gasteiger partial charge in [0.2, 0.25) is 5.91 Å². The number of hydrogen-bond acceptors (Lipinski definition) is 7. The van der Waals surface area contributed by atoms with Gasteiger partial charge in [-0.1, -0.05) is 18.2 Å². The van der Waals surface area contributed by atoms with Crippen LogP contribution in [0, 0.1) is 11.8 Å². The van der Waals surface area contributed by atoms with Crippen LogP contribution in [0.3, 0.4) is 0 Å². The van der Waals surface area contributed by atoms with Crippen molar-refractivity contribution in [2.75, 3.05) is 31.2 Å². The minimum Gasteiger partial charge on any atom is -0.444 e. The third kappa shape index (κ3) is 4.98. The van der Waals surface area contributed by atoms with Crippen molar-refractivity contribution < 1.29 is 28.6 Å². The summed E-state index contributed by atoms with van der Waals surface area (Å²) in [7, 11) is 0. The van der Waals surface area contributed by atoms with Gasteiger partial charge in [0.1, 0.15) is 11.7 Å². The van der Waals surface area contributed by atoms with Gasteiger partial charge >= 0.3 is 12.2 Å². The number of carbonyl (C=O) groups excluding carboxylic acids is 3. The van der Waals surface area contributed by atoms with E-state index in [9.17, 15) is 14.4 Å². The van der Waals surface area contributed by atoms with Crippen LogP contribution in [-0.4, -0.2) is 61.1 Å². The molecule has 10 nitrogen and oxygen atoms in total. The van der Waals surface area contributed by atoms with Crippen molar-refractivity contribution in [3.63, 3.8) is 0 Å². The summed E-state index contributed by atoms with van der Waals surface area (Å²) < 4.78 is 16.4. The molecule has 10 heteroatoms. The van der Waals surface area contributed by atoms with Crippen molar-refractivity contribution >= 4 is 23.8 Å². The number of alkyl carbamates (subject to hydrolysis) is 1. The summed E-state index contributed by atoms with van der Waals surface area (Å²) in [6.07, 6.45) is 0.520. The molecule has 3 amide bonds. The monoisotopic (exact) mass is 508 g/mol. The van der Waals surface area contributed by atoms with E-state index < -0.39 is 23.3 Å². The first-order chi connectivity index (χ1) is 17.6. The van der Waals surface area contributed by atoms with E-state index in [2.05, 4.69) is 10.6 Å². The Bertz CT molecular complexity index is 1180. The highest BCUT2D eigenvalue weighted by molar-refractivity contribution is 5.90. The Kier molecular flexibility index (Phi) is 6.31. The molecular formula is C27H32N4O6. The summed E-state index contributed by atoms with van der Waals surface area (Å²) in [4.78, 5) is 42.3. The first-order valence-electron chi connectivity index (χ1n) is 12.5. The Balaban J connectivity index is 1.28. The SMILES string of the molecule is CC(=O)NC[C@H]1CN(c2ccc(-c3ccc(C4(NC(=O)OC(C)(C)C)[C@@H]5COC[C@@H]54)nc3)cc2)C(=O)O1. The Morgan fingerprint density at radius 1 is 1.11 bits per heavy atom. The van der Waals surface area contributed by atoms with Gasteiger partial charge in [0.25, 0.3) is 0 Å². The van der Waals surface area contributed by atoms with Crippen LogP contribution in [0.1, 0.15) is 33.4 Å². The molecule has 2 saturated heterocycles. The molecule has 37 heavy (non-hydrogen) atoms. The van der Waals surface area contributed by atoms with Crippen molar-refractivity contribution in [2.24, 2.45) is 11.8 Å². The second kappa shape index (κ2) is 9.33. The number of anilines is 1. The smallest absolute Gasteiger partial charge is 0.414 e. The van der Waals surface area contributed by atoms with Crippen LogP contribution < -0.4 is 15.5 Å². The number of benzene rings is 1. The zero-order valence-electron chi connectivity index (χ0n) is 21.4. The highest BCUT2D eigenvalue weighted by Gasteiger charge is 2.70. The third-order valence-corrected chi connectivity index (χ3v) is 7.00. The molecular weight excluding hydrogens is 476 g/mol. The van der Waals surface area contributed by atoms with E-state index >= 15 is 0 Å². The fourth-order valence-corrected chi connectivity index (χ4v) is 5.20. The van der Waals surface area contributed by atoms with Crippen LogP contribution in [-0.2, 0) is 24.5 Å². The minimum atomic E-state index is -0.590. The number of rotatable bonds is 6. The van der Waals surface area contributed by atoms with E-state index in [1.165, 1.54) is 6.92 Å². The number of cyclic esters (lactones) is 1. The van der Waals surface area contributed by atoms with Crippen molar-refractivity contribution in [2.45, 2.75) is 44.9 Å². The van der Waals surface area contributed by atoms with Crippen LogP contribution in [0.2, 0.25) is 0 Å². The molecule has 1 unspecified atom stereocenters. The molecule has 3 aliphatic rings. The summed E-state index contributed by atoms with van der Waals surface area (Å²) >= 11 is 0. The lowest BCUT2D eigenvalue weighted by Crippen LogP contribution is -2.43. The number of nitrogens with one attached hydrogen (secondary N) is 2.